The number of H-pyrrole nitrogens is 1. The van der Waals surface area contributed by atoms with Crippen LogP contribution in [0.25, 0.3) is 10.9 Å². The third kappa shape index (κ3) is 4.31. The van der Waals surface area contributed by atoms with E-state index in [9.17, 15) is 5.11 Å². The quantitative estimate of drug-likeness (QED) is 0.602. The number of hydrogen-bond acceptors (Lipinski definition) is 5. The van der Waals surface area contributed by atoms with Crippen molar-refractivity contribution in [2.75, 3.05) is 18.0 Å². The highest BCUT2D eigenvalue weighted by atomic mass is 16.3. The van der Waals surface area contributed by atoms with Crippen molar-refractivity contribution in [2.24, 2.45) is 5.92 Å². The number of nitrogens with zero attached hydrogens (tertiary/aromatic N) is 3. The van der Waals surface area contributed by atoms with Gasteiger partial charge >= 0.3 is 0 Å². The molecule has 3 heterocycles. The average molecular weight is 382 g/mol. The molecule has 3 aromatic rings. The predicted molar refractivity (Wildman–Crippen MR) is 109 cm³/mol. The van der Waals surface area contributed by atoms with Gasteiger partial charge < -0.3 is 15.1 Å². The lowest BCUT2D eigenvalue weighted by atomic mass is 10.0. The summed E-state index contributed by atoms with van der Waals surface area (Å²) in [5.74, 6) is 1.13. The van der Waals surface area contributed by atoms with Crippen molar-refractivity contribution in [3.8, 4) is 0 Å². The SMILES string of the molecule is Cc1ccc2nc(N3C[C@@H](Cc4cc(C)[nH]n4)[C@@H](O)C3)cc(C)c2c1.O=CO. The minimum absolute atomic E-state index is 0.179. The summed E-state index contributed by atoms with van der Waals surface area (Å²) in [6, 6.07) is 10.5. The van der Waals surface area contributed by atoms with Crippen molar-refractivity contribution in [3.63, 3.8) is 0 Å². The highest BCUT2D eigenvalue weighted by Gasteiger charge is 2.32. The van der Waals surface area contributed by atoms with E-state index in [0.29, 0.717) is 6.54 Å². The standard InChI is InChI=1S/C20H24N4O.CH2O2/c1-12-4-5-18-17(6-12)13(2)7-20(21-18)24-10-15(19(25)11-24)9-16-8-14(3)22-23-16;2-1-3/h4-8,15,19,25H,9-11H2,1-3H3,(H,22,23);1H,(H,2,3)/t15-,19+;/m1./s1. The van der Waals surface area contributed by atoms with Gasteiger partial charge in [-0.1, -0.05) is 11.6 Å². The summed E-state index contributed by atoms with van der Waals surface area (Å²) in [6.45, 7) is 7.40. The lowest BCUT2D eigenvalue weighted by Crippen LogP contribution is -2.22. The van der Waals surface area contributed by atoms with Crippen LogP contribution < -0.4 is 4.90 Å². The monoisotopic (exact) mass is 382 g/mol. The fraction of sp³-hybridized carbons (Fsp3) is 0.381. The molecule has 7 nitrogen and oxygen atoms in total. The number of rotatable bonds is 3. The summed E-state index contributed by atoms with van der Waals surface area (Å²) in [5, 5.41) is 25.9. The molecule has 1 fully saturated rings. The van der Waals surface area contributed by atoms with Crippen LogP contribution >= 0.6 is 0 Å². The molecule has 3 N–H and O–H groups in total. The van der Waals surface area contributed by atoms with Crippen molar-refractivity contribution in [3.05, 3.63) is 52.8 Å². The Balaban J connectivity index is 0.000000706. The van der Waals surface area contributed by atoms with Gasteiger partial charge in [-0.2, -0.15) is 5.10 Å². The number of β-amino-alcohol motifs (C(OH)–C–C–N with tert-alkyl or cyclic N) is 1. The van der Waals surface area contributed by atoms with Gasteiger partial charge in [0.1, 0.15) is 5.82 Å². The van der Waals surface area contributed by atoms with Gasteiger partial charge in [-0.15, -0.1) is 0 Å². The van der Waals surface area contributed by atoms with Crippen molar-refractivity contribution in [1.29, 1.82) is 0 Å². The molecule has 7 heteroatoms. The Bertz CT molecular complexity index is 969. The molecule has 1 aliphatic heterocycles. The fourth-order valence-electron chi connectivity index (χ4n) is 3.74. The highest BCUT2D eigenvalue weighted by Crippen LogP contribution is 2.29. The first-order valence-corrected chi connectivity index (χ1v) is 9.31. The normalized spacial score (nSPS) is 18.8. The molecule has 0 radical (unpaired) electrons. The number of hydrogen-bond donors (Lipinski definition) is 3. The van der Waals surface area contributed by atoms with E-state index in [-0.39, 0.29) is 18.5 Å². The number of anilines is 1. The van der Waals surface area contributed by atoms with Gasteiger partial charge in [-0.05, 0) is 57.0 Å². The van der Waals surface area contributed by atoms with E-state index in [1.165, 1.54) is 16.5 Å². The van der Waals surface area contributed by atoms with E-state index in [0.717, 1.165) is 35.7 Å². The van der Waals surface area contributed by atoms with E-state index in [2.05, 4.69) is 59.3 Å². The van der Waals surface area contributed by atoms with Gasteiger partial charge in [-0.3, -0.25) is 9.89 Å². The van der Waals surface area contributed by atoms with Crippen molar-refractivity contribution in [1.82, 2.24) is 15.2 Å². The molecule has 0 bridgehead atoms. The molecule has 0 unspecified atom stereocenters. The molecule has 1 aromatic carbocycles. The maximum absolute atomic E-state index is 10.5. The first-order valence-electron chi connectivity index (χ1n) is 9.31. The third-order valence-corrected chi connectivity index (χ3v) is 5.12. The van der Waals surface area contributed by atoms with Gasteiger partial charge in [0.25, 0.3) is 6.47 Å². The second kappa shape index (κ2) is 8.39. The van der Waals surface area contributed by atoms with Gasteiger partial charge in [0.15, 0.2) is 0 Å². The van der Waals surface area contributed by atoms with E-state index in [1.54, 1.807) is 0 Å². The average Bonchev–Trinajstić information content (AvgIpc) is 3.22. The Morgan fingerprint density at radius 2 is 1.96 bits per heavy atom. The summed E-state index contributed by atoms with van der Waals surface area (Å²) >= 11 is 0. The third-order valence-electron chi connectivity index (χ3n) is 5.12. The molecule has 1 aliphatic rings. The molecule has 2 aromatic heterocycles. The summed E-state index contributed by atoms with van der Waals surface area (Å²) < 4.78 is 0. The van der Waals surface area contributed by atoms with Crippen molar-refractivity contribution >= 4 is 23.2 Å². The molecule has 148 valence electrons. The highest BCUT2D eigenvalue weighted by molar-refractivity contribution is 5.84. The van der Waals surface area contributed by atoms with E-state index in [4.69, 9.17) is 14.9 Å². The minimum atomic E-state index is -0.354. The van der Waals surface area contributed by atoms with Crippen LogP contribution in [0.4, 0.5) is 5.82 Å². The number of aliphatic hydroxyl groups is 1. The summed E-state index contributed by atoms with van der Waals surface area (Å²) in [6.07, 6.45) is 0.432. The molecule has 28 heavy (non-hydrogen) atoms. The van der Waals surface area contributed by atoms with Crippen molar-refractivity contribution in [2.45, 2.75) is 33.3 Å². The zero-order valence-corrected chi connectivity index (χ0v) is 16.4. The number of carbonyl (C=O) groups is 1. The molecule has 2 atom stereocenters. The number of benzene rings is 1. The first-order chi connectivity index (χ1) is 13.4. The number of aliphatic hydroxyl groups excluding tert-OH is 1. The number of pyridine rings is 1. The Morgan fingerprint density at radius 1 is 1.21 bits per heavy atom. The molecular weight excluding hydrogens is 356 g/mol. The van der Waals surface area contributed by atoms with Crippen LogP contribution in [0.15, 0.2) is 30.3 Å². The fourth-order valence-corrected chi connectivity index (χ4v) is 3.74. The van der Waals surface area contributed by atoms with Crippen LogP contribution in [0.2, 0.25) is 0 Å². The second-order valence-electron chi connectivity index (χ2n) is 7.40. The minimum Gasteiger partial charge on any atom is -0.483 e. The zero-order valence-electron chi connectivity index (χ0n) is 16.4. The smallest absolute Gasteiger partial charge is 0.290 e. The van der Waals surface area contributed by atoms with Gasteiger partial charge in [0.05, 0.1) is 17.3 Å². The molecule has 0 aliphatic carbocycles. The Hall–Kier alpha value is -2.93. The lowest BCUT2D eigenvalue weighted by Gasteiger charge is -2.18. The largest absolute Gasteiger partial charge is 0.483 e. The second-order valence-corrected chi connectivity index (χ2v) is 7.40. The summed E-state index contributed by atoms with van der Waals surface area (Å²) in [7, 11) is 0. The maximum atomic E-state index is 10.5. The number of aromatic nitrogens is 3. The van der Waals surface area contributed by atoms with E-state index >= 15 is 0 Å². The van der Waals surface area contributed by atoms with Crippen LogP contribution in [-0.4, -0.2) is 51.1 Å². The Morgan fingerprint density at radius 3 is 2.64 bits per heavy atom. The van der Waals surface area contributed by atoms with Crippen LogP contribution in [0.3, 0.4) is 0 Å². The topological polar surface area (TPSA) is 102 Å². The lowest BCUT2D eigenvalue weighted by molar-refractivity contribution is -0.122. The molecule has 0 spiro atoms. The Labute approximate surface area is 164 Å². The van der Waals surface area contributed by atoms with Gasteiger partial charge in [0, 0.05) is 30.1 Å². The Kier molecular flexibility index (Phi) is 5.94. The summed E-state index contributed by atoms with van der Waals surface area (Å²) in [5.41, 5.74) is 5.56. The molecule has 1 saturated heterocycles. The molecule has 0 saturated carbocycles. The number of nitrogens with one attached hydrogen (secondary N) is 1. The maximum Gasteiger partial charge on any atom is 0.290 e. The van der Waals surface area contributed by atoms with Crippen molar-refractivity contribution < 1.29 is 15.0 Å². The van der Waals surface area contributed by atoms with E-state index in [1.807, 2.05) is 6.92 Å². The van der Waals surface area contributed by atoms with Crippen LogP contribution in [0, 0.1) is 26.7 Å². The number of carboxylic acid groups (broad SMARTS) is 1. The zero-order chi connectivity index (χ0) is 20.3. The molecular formula is C21H26N4O3. The van der Waals surface area contributed by atoms with E-state index < -0.39 is 0 Å². The van der Waals surface area contributed by atoms with Gasteiger partial charge in [0.2, 0.25) is 0 Å². The van der Waals surface area contributed by atoms with Crippen LogP contribution in [0.1, 0.15) is 22.5 Å². The summed E-state index contributed by atoms with van der Waals surface area (Å²) in [4.78, 5) is 15.4. The first kappa shape index (κ1) is 19.8. The number of aryl methyl sites for hydroxylation is 3. The van der Waals surface area contributed by atoms with Crippen LogP contribution in [-0.2, 0) is 11.2 Å². The van der Waals surface area contributed by atoms with Crippen LogP contribution in [0.5, 0.6) is 0 Å². The predicted octanol–water partition coefficient (Wildman–Crippen LogP) is 2.62. The number of fused-ring (bicyclic) bond motifs is 1. The van der Waals surface area contributed by atoms with Gasteiger partial charge in [-0.25, -0.2) is 4.98 Å². The molecule has 0 amide bonds. The number of aromatic amines is 1. The molecule has 4 rings (SSSR count).